The predicted octanol–water partition coefficient (Wildman–Crippen LogP) is 4.84. The van der Waals surface area contributed by atoms with Crippen LogP contribution in [0.3, 0.4) is 0 Å². The molecule has 2 aromatic carbocycles. The Hall–Kier alpha value is -3.04. The summed E-state index contributed by atoms with van der Waals surface area (Å²) in [4.78, 5) is 15.6. The highest BCUT2D eigenvalue weighted by atomic mass is 32.2. The summed E-state index contributed by atoms with van der Waals surface area (Å²) in [6, 6.07) is 16.3. The van der Waals surface area contributed by atoms with Gasteiger partial charge in [0.15, 0.2) is 16.1 Å². The normalized spacial score (nSPS) is 10.9. The smallest absolute Gasteiger partial charge is 0.223 e. The molecule has 0 aliphatic carbocycles. The second kappa shape index (κ2) is 9.19. The first-order valence-electron chi connectivity index (χ1n) is 9.16. The van der Waals surface area contributed by atoms with Gasteiger partial charge in [0.05, 0.1) is 12.2 Å². The molecule has 0 atom stereocenters. The minimum Gasteiger partial charge on any atom is -0.302 e. The molecule has 0 bridgehead atoms. The molecule has 1 N–H and O–H groups in total. The van der Waals surface area contributed by atoms with E-state index in [1.807, 2.05) is 40.3 Å². The number of carbonyl (C=O) groups is 1. The third kappa shape index (κ3) is 4.92. The Morgan fingerprint density at radius 3 is 2.63 bits per heavy atom. The maximum atomic E-state index is 13.4. The third-order valence-corrected chi connectivity index (χ3v) is 5.99. The third-order valence-electron chi connectivity index (χ3n) is 4.19. The SMILES string of the molecule is CC(=O)Nc1nc(CSc2nnc(-c3ccc(F)cc3)n2Cc2ccccc2)cs1. The summed E-state index contributed by atoms with van der Waals surface area (Å²) in [5.41, 5.74) is 2.77. The summed E-state index contributed by atoms with van der Waals surface area (Å²) in [7, 11) is 0. The number of hydrogen-bond acceptors (Lipinski definition) is 6. The second-order valence-corrected chi connectivity index (χ2v) is 8.30. The van der Waals surface area contributed by atoms with Crippen molar-refractivity contribution < 1.29 is 9.18 Å². The first-order chi connectivity index (χ1) is 14.6. The number of benzene rings is 2. The average molecular weight is 440 g/mol. The van der Waals surface area contributed by atoms with Gasteiger partial charge in [-0.3, -0.25) is 9.36 Å². The molecular weight excluding hydrogens is 421 g/mol. The van der Waals surface area contributed by atoms with Gasteiger partial charge in [-0.1, -0.05) is 42.1 Å². The van der Waals surface area contributed by atoms with E-state index in [9.17, 15) is 9.18 Å². The van der Waals surface area contributed by atoms with Gasteiger partial charge >= 0.3 is 0 Å². The van der Waals surface area contributed by atoms with Crippen LogP contribution in [0.5, 0.6) is 0 Å². The molecule has 0 aliphatic heterocycles. The summed E-state index contributed by atoms with van der Waals surface area (Å²) in [5, 5.41) is 14.7. The molecule has 2 heterocycles. The molecule has 2 aromatic heterocycles. The van der Waals surface area contributed by atoms with Crippen LogP contribution in [-0.2, 0) is 17.1 Å². The molecule has 30 heavy (non-hydrogen) atoms. The van der Waals surface area contributed by atoms with Crippen LogP contribution in [-0.4, -0.2) is 25.7 Å². The zero-order valence-electron chi connectivity index (χ0n) is 16.1. The van der Waals surface area contributed by atoms with Crippen LogP contribution in [0, 0.1) is 5.82 Å². The summed E-state index contributed by atoms with van der Waals surface area (Å²) < 4.78 is 15.4. The lowest BCUT2D eigenvalue weighted by Gasteiger charge is -2.10. The first-order valence-corrected chi connectivity index (χ1v) is 11.0. The van der Waals surface area contributed by atoms with Crippen molar-refractivity contribution in [2.24, 2.45) is 0 Å². The van der Waals surface area contributed by atoms with Crippen LogP contribution >= 0.6 is 23.1 Å². The van der Waals surface area contributed by atoms with E-state index in [1.54, 1.807) is 12.1 Å². The molecule has 4 aromatic rings. The van der Waals surface area contributed by atoms with Gasteiger partial charge < -0.3 is 5.32 Å². The maximum Gasteiger partial charge on any atom is 0.223 e. The van der Waals surface area contributed by atoms with E-state index >= 15 is 0 Å². The van der Waals surface area contributed by atoms with Crippen molar-refractivity contribution in [3.05, 3.63) is 77.1 Å². The number of amides is 1. The van der Waals surface area contributed by atoms with Crippen molar-refractivity contribution >= 4 is 34.1 Å². The quantitative estimate of drug-likeness (QED) is 0.417. The summed E-state index contributed by atoms with van der Waals surface area (Å²) in [5.74, 6) is 0.835. The van der Waals surface area contributed by atoms with Gasteiger partial charge in [-0.05, 0) is 29.8 Å². The molecule has 0 radical (unpaired) electrons. The molecule has 0 saturated heterocycles. The monoisotopic (exact) mass is 439 g/mol. The first kappa shape index (κ1) is 20.2. The van der Waals surface area contributed by atoms with Gasteiger partial charge in [-0.2, -0.15) is 0 Å². The number of anilines is 1. The lowest BCUT2D eigenvalue weighted by molar-refractivity contribution is -0.114. The minimum absolute atomic E-state index is 0.143. The highest BCUT2D eigenvalue weighted by Gasteiger charge is 2.16. The Balaban J connectivity index is 1.59. The highest BCUT2D eigenvalue weighted by Crippen LogP contribution is 2.28. The fourth-order valence-electron chi connectivity index (χ4n) is 2.84. The van der Waals surface area contributed by atoms with E-state index in [2.05, 4.69) is 20.5 Å². The number of nitrogens with zero attached hydrogens (tertiary/aromatic N) is 4. The maximum absolute atomic E-state index is 13.4. The molecule has 6 nitrogen and oxygen atoms in total. The number of aromatic nitrogens is 4. The van der Waals surface area contributed by atoms with Gasteiger partial charge in [-0.25, -0.2) is 9.37 Å². The summed E-state index contributed by atoms with van der Waals surface area (Å²) in [6.45, 7) is 2.05. The van der Waals surface area contributed by atoms with E-state index in [1.165, 1.54) is 42.2 Å². The Kier molecular flexibility index (Phi) is 6.20. The predicted molar refractivity (Wildman–Crippen MR) is 117 cm³/mol. The van der Waals surface area contributed by atoms with Crippen LogP contribution in [0.15, 0.2) is 65.1 Å². The number of thiazole rings is 1. The average Bonchev–Trinajstić information content (AvgIpc) is 3.34. The van der Waals surface area contributed by atoms with Crippen LogP contribution in [0.25, 0.3) is 11.4 Å². The number of rotatable bonds is 7. The van der Waals surface area contributed by atoms with Crippen molar-refractivity contribution in [1.29, 1.82) is 0 Å². The Morgan fingerprint density at radius 1 is 1.13 bits per heavy atom. The Morgan fingerprint density at radius 2 is 1.90 bits per heavy atom. The molecule has 0 unspecified atom stereocenters. The molecule has 0 spiro atoms. The molecule has 0 aliphatic rings. The molecular formula is C21H18FN5OS2. The fourth-order valence-corrected chi connectivity index (χ4v) is 4.53. The topological polar surface area (TPSA) is 72.7 Å². The number of carbonyl (C=O) groups excluding carboxylic acids is 1. The van der Waals surface area contributed by atoms with Crippen molar-refractivity contribution in [3.8, 4) is 11.4 Å². The summed E-state index contributed by atoms with van der Waals surface area (Å²) >= 11 is 2.91. The number of nitrogens with one attached hydrogen (secondary N) is 1. The van der Waals surface area contributed by atoms with Crippen LogP contribution in [0.2, 0.25) is 0 Å². The largest absolute Gasteiger partial charge is 0.302 e. The van der Waals surface area contributed by atoms with E-state index in [-0.39, 0.29) is 11.7 Å². The lowest BCUT2D eigenvalue weighted by atomic mass is 10.2. The molecule has 0 saturated carbocycles. The van der Waals surface area contributed by atoms with E-state index in [0.29, 0.717) is 23.3 Å². The fraction of sp³-hybridized carbons (Fsp3) is 0.143. The standard InChI is InChI=1S/C21H18FN5OS2/c1-14(28)23-20-24-18(12-29-20)13-30-21-26-25-19(16-7-9-17(22)10-8-16)27(21)11-15-5-3-2-4-6-15/h2-10,12H,11,13H2,1H3,(H,23,24,28). The minimum atomic E-state index is -0.291. The van der Waals surface area contributed by atoms with Gasteiger partial charge in [0.25, 0.3) is 0 Å². The Bertz CT molecular complexity index is 1140. The number of thioether (sulfide) groups is 1. The van der Waals surface area contributed by atoms with Crippen molar-refractivity contribution in [2.45, 2.75) is 24.4 Å². The molecule has 1 amide bonds. The summed E-state index contributed by atoms with van der Waals surface area (Å²) in [6.07, 6.45) is 0. The second-order valence-electron chi connectivity index (χ2n) is 6.50. The van der Waals surface area contributed by atoms with Gasteiger partial charge in [0, 0.05) is 23.6 Å². The van der Waals surface area contributed by atoms with Gasteiger partial charge in [0.1, 0.15) is 5.82 Å². The van der Waals surface area contributed by atoms with E-state index < -0.39 is 0 Å². The molecule has 152 valence electrons. The van der Waals surface area contributed by atoms with Crippen molar-refractivity contribution in [3.63, 3.8) is 0 Å². The number of halogens is 1. The van der Waals surface area contributed by atoms with Crippen LogP contribution in [0.1, 0.15) is 18.2 Å². The molecule has 0 fully saturated rings. The number of hydrogen-bond donors (Lipinski definition) is 1. The molecule has 4 rings (SSSR count). The Labute approximate surface area is 181 Å². The van der Waals surface area contributed by atoms with Gasteiger partial charge in [0.2, 0.25) is 5.91 Å². The lowest BCUT2D eigenvalue weighted by Crippen LogP contribution is -2.05. The van der Waals surface area contributed by atoms with Crippen LogP contribution < -0.4 is 5.32 Å². The van der Waals surface area contributed by atoms with E-state index in [0.717, 1.165) is 22.0 Å². The van der Waals surface area contributed by atoms with Crippen molar-refractivity contribution in [2.75, 3.05) is 5.32 Å². The van der Waals surface area contributed by atoms with Crippen molar-refractivity contribution in [1.82, 2.24) is 19.7 Å². The molecule has 9 heteroatoms. The van der Waals surface area contributed by atoms with Gasteiger partial charge in [-0.15, -0.1) is 21.5 Å². The zero-order valence-corrected chi connectivity index (χ0v) is 17.7. The van der Waals surface area contributed by atoms with Crippen LogP contribution in [0.4, 0.5) is 9.52 Å². The zero-order chi connectivity index (χ0) is 20.9. The van der Waals surface area contributed by atoms with E-state index in [4.69, 9.17) is 0 Å². The highest BCUT2D eigenvalue weighted by molar-refractivity contribution is 7.98.